The van der Waals surface area contributed by atoms with E-state index in [2.05, 4.69) is 17.2 Å². The fraction of sp³-hybridized carbons (Fsp3) is 0.333. The zero-order valence-electron chi connectivity index (χ0n) is 19.8. The molecule has 3 unspecified atom stereocenters. The van der Waals surface area contributed by atoms with Crippen LogP contribution in [0.5, 0.6) is 0 Å². The van der Waals surface area contributed by atoms with Gasteiger partial charge < -0.3 is 21.1 Å². The van der Waals surface area contributed by atoms with E-state index in [1.807, 2.05) is 64.9 Å². The van der Waals surface area contributed by atoms with E-state index in [4.69, 9.17) is 5.73 Å². The third kappa shape index (κ3) is 7.45. The Balaban J connectivity index is 1.41. The van der Waals surface area contributed by atoms with E-state index >= 15 is 0 Å². The van der Waals surface area contributed by atoms with Crippen molar-refractivity contribution in [3.63, 3.8) is 0 Å². The molecule has 188 valence electrons. The van der Waals surface area contributed by atoms with Gasteiger partial charge in [0.15, 0.2) is 0 Å². The number of nitrogens with two attached hydrogens (primary N) is 1. The number of aliphatic hydroxyl groups is 1. The summed E-state index contributed by atoms with van der Waals surface area (Å²) < 4.78 is 0. The highest BCUT2D eigenvalue weighted by atomic mass is 32.2. The van der Waals surface area contributed by atoms with Crippen LogP contribution in [-0.2, 0) is 16.0 Å². The van der Waals surface area contributed by atoms with Crippen LogP contribution in [-0.4, -0.2) is 46.4 Å². The predicted molar refractivity (Wildman–Crippen MR) is 148 cm³/mol. The van der Waals surface area contributed by atoms with E-state index in [0.29, 0.717) is 25.9 Å². The van der Waals surface area contributed by atoms with E-state index in [1.54, 1.807) is 22.7 Å². The molecule has 4 N–H and O–H groups in total. The van der Waals surface area contributed by atoms with Gasteiger partial charge in [-0.2, -0.15) is 0 Å². The van der Waals surface area contributed by atoms with E-state index < -0.39 is 11.5 Å². The van der Waals surface area contributed by atoms with Crippen LogP contribution < -0.4 is 11.1 Å². The van der Waals surface area contributed by atoms with Gasteiger partial charge in [0, 0.05) is 34.8 Å². The molecule has 3 aromatic rings. The SMILES string of the molecule is NC(O)CCCN1C(=O)C(CC(=O)NCCc2cccs2)SC1c1ccc(C#Cc2ccccc2)s1. The van der Waals surface area contributed by atoms with Crippen molar-refractivity contribution in [2.45, 2.75) is 42.5 Å². The molecule has 3 heterocycles. The van der Waals surface area contributed by atoms with Crippen LogP contribution in [0.4, 0.5) is 0 Å². The Morgan fingerprint density at radius 1 is 1.14 bits per heavy atom. The fourth-order valence-electron chi connectivity index (χ4n) is 3.87. The topological polar surface area (TPSA) is 95.7 Å². The number of thiophene rings is 2. The highest BCUT2D eigenvalue weighted by Crippen LogP contribution is 2.46. The van der Waals surface area contributed by atoms with Crippen molar-refractivity contribution in [1.82, 2.24) is 10.2 Å². The second kappa shape index (κ2) is 13.1. The molecule has 1 aliphatic heterocycles. The summed E-state index contributed by atoms with van der Waals surface area (Å²) in [6.07, 6.45) is 1.03. The summed E-state index contributed by atoms with van der Waals surface area (Å²) in [7, 11) is 0. The Kier molecular flexibility index (Phi) is 9.61. The monoisotopic (exact) mass is 539 g/mol. The van der Waals surface area contributed by atoms with Gasteiger partial charge in [-0.25, -0.2) is 0 Å². The maximum Gasteiger partial charge on any atom is 0.237 e. The zero-order chi connectivity index (χ0) is 25.3. The summed E-state index contributed by atoms with van der Waals surface area (Å²) in [6.45, 7) is 1.03. The number of aliphatic hydroxyl groups excluding tert-OH is 1. The first-order valence-corrected chi connectivity index (χ1v) is 14.5. The maximum atomic E-state index is 13.3. The molecule has 0 spiro atoms. The molecule has 0 bridgehead atoms. The van der Waals surface area contributed by atoms with Crippen molar-refractivity contribution >= 4 is 46.2 Å². The Labute approximate surface area is 223 Å². The number of carbonyl (C=O) groups excluding carboxylic acids is 2. The van der Waals surface area contributed by atoms with Gasteiger partial charge in [0.05, 0.1) is 10.1 Å². The van der Waals surface area contributed by atoms with Gasteiger partial charge in [-0.3, -0.25) is 9.59 Å². The summed E-state index contributed by atoms with van der Waals surface area (Å²) in [5, 5.41) is 13.8. The summed E-state index contributed by atoms with van der Waals surface area (Å²) in [6, 6.07) is 17.9. The summed E-state index contributed by atoms with van der Waals surface area (Å²) in [5.41, 5.74) is 6.45. The molecule has 3 atom stereocenters. The van der Waals surface area contributed by atoms with Crippen molar-refractivity contribution in [2.24, 2.45) is 5.73 Å². The van der Waals surface area contributed by atoms with Crippen LogP contribution in [0.2, 0.25) is 0 Å². The maximum absolute atomic E-state index is 13.3. The molecule has 0 saturated carbocycles. The van der Waals surface area contributed by atoms with Crippen LogP contribution >= 0.6 is 34.4 Å². The lowest BCUT2D eigenvalue weighted by Crippen LogP contribution is -2.35. The molecule has 0 aliphatic carbocycles. The largest absolute Gasteiger partial charge is 0.379 e. The first-order chi connectivity index (χ1) is 17.5. The average Bonchev–Trinajstić information content (AvgIpc) is 3.61. The number of thioether (sulfide) groups is 1. The molecule has 1 aromatic carbocycles. The number of nitrogens with zero attached hydrogens (tertiary/aromatic N) is 1. The van der Waals surface area contributed by atoms with E-state index in [0.717, 1.165) is 21.7 Å². The Bertz CT molecular complexity index is 1200. The van der Waals surface area contributed by atoms with Crippen molar-refractivity contribution in [1.29, 1.82) is 0 Å². The first-order valence-electron chi connectivity index (χ1n) is 11.8. The number of benzene rings is 1. The summed E-state index contributed by atoms with van der Waals surface area (Å²) in [4.78, 5) is 30.9. The summed E-state index contributed by atoms with van der Waals surface area (Å²) >= 11 is 4.75. The van der Waals surface area contributed by atoms with Crippen LogP contribution in [0.3, 0.4) is 0 Å². The smallest absolute Gasteiger partial charge is 0.237 e. The van der Waals surface area contributed by atoms with Crippen molar-refractivity contribution in [3.05, 3.63) is 80.2 Å². The number of carbonyl (C=O) groups is 2. The molecular formula is C27H29N3O3S3. The summed E-state index contributed by atoms with van der Waals surface area (Å²) in [5.74, 6) is 6.22. The second-order valence-electron chi connectivity index (χ2n) is 8.42. The van der Waals surface area contributed by atoms with Gasteiger partial charge in [-0.15, -0.1) is 34.4 Å². The van der Waals surface area contributed by atoms with E-state index in [1.165, 1.54) is 16.6 Å². The van der Waals surface area contributed by atoms with Crippen LogP contribution in [0, 0.1) is 11.8 Å². The van der Waals surface area contributed by atoms with Gasteiger partial charge in [0.2, 0.25) is 11.8 Å². The Hall–Kier alpha value is -2.61. The van der Waals surface area contributed by atoms with E-state index in [-0.39, 0.29) is 23.6 Å². The predicted octanol–water partition coefficient (Wildman–Crippen LogP) is 3.96. The fourth-order valence-corrected chi connectivity index (χ4v) is 7.13. The van der Waals surface area contributed by atoms with Gasteiger partial charge >= 0.3 is 0 Å². The standard InChI is InChI=1S/C27H29N3O3S3/c28-24(31)9-4-16-30-26(33)23(18-25(32)29-15-14-20-8-5-17-34-20)36-27(30)22-13-12-21(35-22)11-10-19-6-2-1-3-7-19/h1-3,5-8,12-13,17,23-24,27,31H,4,9,14-16,18,28H2,(H,29,32). The molecule has 2 amide bonds. The second-order valence-corrected chi connectivity index (χ2v) is 11.9. The molecule has 0 radical (unpaired) electrons. The third-order valence-corrected chi connectivity index (χ3v) is 9.25. The molecule has 6 nitrogen and oxygen atoms in total. The average molecular weight is 540 g/mol. The first kappa shape index (κ1) is 26.5. The van der Waals surface area contributed by atoms with Crippen molar-refractivity contribution in [2.75, 3.05) is 13.1 Å². The van der Waals surface area contributed by atoms with Gasteiger partial charge in [0.1, 0.15) is 11.6 Å². The number of hydrogen-bond acceptors (Lipinski definition) is 7. The Morgan fingerprint density at radius 2 is 1.97 bits per heavy atom. The molecule has 1 fully saturated rings. The van der Waals surface area contributed by atoms with Gasteiger partial charge in [-0.05, 0) is 55.0 Å². The van der Waals surface area contributed by atoms with Gasteiger partial charge in [0.25, 0.3) is 0 Å². The number of rotatable bonds is 10. The number of amides is 2. The minimum absolute atomic E-state index is 0.0461. The van der Waals surface area contributed by atoms with Crippen molar-refractivity contribution < 1.29 is 14.7 Å². The number of nitrogens with one attached hydrogen (secondary N) is 1. The minimum atomic E-state index is -0.902. The van der Waals surface area contributed by atoms with Crippen LogP contribution in [0.1, 0.15) is 44.8 Å². The highest BCUT2D eigenvalue weighted by molar-refractivity contribution is 8.01. The Morgan fingerprint density at radius 3 is 2.72 bits per heavy atom. The molecule has 9 heteroatoms. The lowest BCUT2D eigenvalue weighted by Gasteiger charge is -2.23. The lowest BCUT2D eigenvalue weighted by atomic mass is 10.2. The molecule has 1 saturated heterocycles. The highest BCUT2D eigenvalue weighted by Gasteiger charge is 2.42. The normalized spacial score (nSPS) is 18.1. The molecule has 1 aliphatic rings. The van der Waals surface area contributed by atoms with Crippen molar-refractivity contribution in [3.8, 4) is 11.8 Å². The number of hydrogen-bond donors (Lipinski definition) is 3. The lowest BCUT2D eigenvalue weighted by molar-refractivity contribution is -0.132. The van der Waals surface area contributed by atoms with Gasteiger partial charge in [-0.1, -0.05) is 36.1 Å². The molecule has 2 aromatic heterocycles. The molecule has 36 heavy (non-hydrogen) atoms. The zero-order valence-corrected chi connectivity index (χ0v) is 22.2. The van der Waals surface area contributed by atoms with E-state index in [9.17, 15) is 14.7 Å². The van der Waals surface area contributed by atoms with Crippen LogP contribution in [0.25, 0.3) is 0 Å². The molecular weight excluding hydrogens is 511 g/mol. The minimum Gasteiger partial charge on any atom is -0.379 e. The molecule has 4 rings (SSSR count). The quantitative estimate of drug-likeness (QED) is 0.268. The van der Waals surface area contributed by atoms with Crippen LogP contribution in [0.15, 0.2) is 60.0 Å². The third-order valence-electron chi connectivity index (χ3n) is 5.65.